The molecule has 1 aromatic rings. The number of thioether (sulfide) groups is 1. The molecule has 0 aliphatic carbocycles. The Balaban J connectivity index is 1.95. The van der Waals surface area contributed by atoms with Crippen molar-refractivity contribution < 1.29 is 4.42 Å². The van der Waals surface area contributed by atoms with E-state index >= 15 is 0 Å². The van der Waals surface area contributed by atoms with Gasteiger partial charge in [0.25, 0.3) is 0 Å². The van der Waals surface area contributed by atoms with E-state index in [1.807, 2.05) is 23.9 Å². The maximum Gasteiger partial charge on any atom is 0.157 e. The summed E-state index contributed by atoms with van der Waals surface area (Å²) in [5.41, 5.74) is 0.257. The number of amidine groups is 1. The van der Waals surface area contributed by atoms with Gasteiger partial charge in [0.05, 0.1) is 12.8 Å². The second-order valence-electron chi connectivity index (χ2n) is 4.10. The summed E-state index contributed by atoms with van der Waals surface area (Å²) in [5.74, 6) is 2.04. The molecule has 3 nitrogen and oxygen atoms in total. The molecular formula is C12H18N2OS. The summed E-state index contributed by atoms with van der Waals surface area (Å²) in [6, 6.07) is 3.85. The third kappa shape index (κ3) is 2.43. The first-order valence-electron chi connectivity index (χ1n) is 5.76. The Kier molecular flexibility index (Phi) is 3.59. The van der Waals surface area contributed by atoms with Gasteiger partial charge in [0, 0.05) is 11.3 Å². The fourth-order valence-corrected chi connectivity index (χ4v) is 3.11. The number of rotatable bonds is 4. The molecule has 16 heavy (non-hydrogen) atoms. The van der Waals surface area contributed by atoms with Crippen molar-refractivity contribution in [1.29, 1.82) is 0 Å². The molecule has 1 saturated heterocycles. The molecule has 88 valence electrons. The van der Waals surface area contributed by atoms with Crippen LogP contribution in [-0.4, -0.2) is 16.5 Å². The zero-order valence-corrected chi connectivity index (χ0v) is 10.6. The third-order valence-electron chi connectivity index (χ3n) is 3.17. The zero-order valence-electron chi connectivity index (χ0n) is 9.82. The van der Waals surface area contributed by atoms with Crippen LogP contribution in [0.1, 0.15) is 32.4 Å². The molecular weight excluding hydrogens is 220 g/mol. The molecule has 1 N–H and O–H groups in total. The summed E-state index contributed by atoms with van der Waals surface area (Å²) in [5, 5.41) is 4.59. The predicted octanol–water partition coefficient (Wildman–Crippen LogP) is 3.03. The summed E-state index contributed by atoms with van der Waals surface area (Å²) in [4.78, 5) is 4.53. The number of hydrogen-bond acceptors (Lipinski definition) is 3. The molecule has 0 aromatic carbocycles. The highest BCUT2D eigenvalue weighted by Gasteiger charge is 2.33. The molecule has 0 spiro atoms. The smallest absolute Gasteiger partial charge is 0.157 e. The monoisotopic (exact) mass is 238 g/mol. The number of furan rings is 1. The lowest BCUT2D eigenvalue weighted by Gasteiger charge is -2.25. The summed E-state index contributed by atoms with van der Waals surface area (Å²) < 4.78 is 5.25. The van der Waals surface area contributed by atoms with Gasteiger partial charge in [0.15, 0.2) is 5.17 Å². The van der Waals surface area contributed by atoms with Crippen molar-refractivity contribution in [3.05, 3.63) is 24.2 Å². The SMILES string of the molecule is CCC1(CC)CSC(=NCc2ccco2)N1. The van der Waals surface area contributed by atoms with Crippen LogP contribution in [0.25, 0.3) is 0 Å². The molecule has 2 heterocycles. The van der Waals surface area contributed by atoms with Gasteiger partial charge in [-0.05, 0) is 25.0 Å². The standard InChI is InChI=1S/C12H18N2OS/c1-3-12(4-2)9-16-11(14-12)13-8-10-6-5-7-15-10/h5-7H,3-4,8-9H2,1-2H3,(H,13,14). The Morgan fingerprint density at radius 1 is 1.50 bits per heavy atom. The van der Waals surface area contributed by atoms with E-state index < -0.39 is 0 Å². The van der Waals surface area contributed by atoms with Crippen LogP contribution >= 0.6 is 11.8 Å². The van der Waals surface area contributed by atoms with Gasteiger partial charge < -0.3 is 9.73 Å². The lowest BCUT2D eigenvalue weighted by Crippen LogP contribution is -2.42. The highest BCUT2D eigenvalue weighted by molar-refractivity contribution is 8.14. The highest BCUT2D eigenvalue weighted by atomic mass is 32.2. The minimum absolute atomic E-state index is 0.257. The molecule has 0 unspecified atom stereocenters. The molecule has 0 saturated carbocycles. The first-order valence-corrected chi connectivity index (χ1v) is 6.74. The largest absolute Gasteiger partial charge is 0.467 e. The van der Waals surface area contributed by atoms with Crippen LogP contribution in [0.15, 0.2) is 27.8 Å². The van der Waals surface area contributed by atoms with Gasteiger partial charge in [-0.25, -0.2) is 0 Å². The van der Waals surface area contributed by atoms with Crippen LogP contribution < -0.4 is 5.32 Å². The van der Waals surface area contributed by atoms with E-state index in [0.717, 1.165) is 29.5 Å². The van der Waals surface area contributed by atoms with Crippen LogP contribution in [0.2, 0.25) is 0 Å². The van der Waals surface area contributed by atoms with Crippen molar-refractivity contribution in [2.24, 2.45) is 4.99 Å². The maximum atomic E-state index is 5.25. The molecule has 1 aromatic heterocycles. The summed E-state index contributed by atoms with van der Waals surface area (Å²) in [7, 11) is 0. The first-order chi connectivity index (χ1) is 7.78. The van der Waals surface area contributed by atoms with Crippen molar-refractivity contribution in [3.63, 3.8) is 0 Å². The molecule has 0 amide bonds. The van der Waals surface area contributed by atoms with Gasteiger partial charge in [-0.15, -0.1) is 0 Å². The van der Waals surface area contributed by atoms with E-state index in [1.54, 1.807) is 6.26 Å². The number of nitrogens with zero attached hydrogens (tertiary/aromatic N) is 1. The minimum atomic E-state index is 0.257. The van der Waals surface area contributed by atoms with Crippen LogP contribution in [0, 0.1) is 0 Å². The number of aliphatic imine (C=N–C) groups is 1. The van der Waals surface area contributed by atoms with E-state index in [4.69, 9.17) is 4.42 Å². The van der Waals surface area contributed by atoms with Gasteiger partial charge in [-0.3, -0.25) is 4.99 Å². The minimum Gasteiger partial charge on any atom is -0.467 e. The zero-order chi connectivity index (χ0) is 11.4. The van der Waals surface area contributed by atoms with Gasteiger partial charge in [0.1, 0.15) is 5.76 Å². The Morgan fingerprint density at radius 3 is 2.88 bits per heavy atom. The lowest BCUT2D eigenvalue weighted by molar-refractivity contribution is 0.407. The first kappa shape index (κ1) is 11.6. The van der Waals surface area contributed by atoms with E-state index in [0.29, 0.717) is 6.54 Å². The van der Waals surface area contributed by atoms with Crippen LogP contribution in [0.5, 0.6) is 0 Å². The quantitative estimate of drug-likeness (QED) is 0.876. The Morgan fingerprint density at radius 2 is 2.31 bits per heavy atom. The molecule has 0 radical (unpaired) electrons. The maximum absolute atomic E-state index is 5.25. The fraction of sp³-hybridized carbons (Fsp3) is 0.583. The van der Waals surface area contributed by atoms with Crippen molar-refractivity contribution in [3.8, 4) is 0 Å². The molecule has 0 bridgehead atoms. The van der Waals surface area contributed by atoms with Crippen LogP contribution in [0.4, 0.5) is 0 Å². The normalized spacial score (nSPS) is 21.2. The lowest BCUT2D eigenvalue weighted by atomic mass is 9.96. The Hall–Kier alpha value is -0.900. The molecule has 2 rings (SSSR count). The average molecular weight is 238 g/mol. The van der Waals surface area contributed by atoms with Crippen molar-refractivity contribution in [1.82, 2.24) is 5.32 Å². The van der Waals surface area contributed by atoms with E-state index in [1.165, 1.54) is 0 Å². The van der Waals surface area contributed by atoms with E-state index in [-0.39, 0.29) is 5.54 Å². The van der Waals surface area contributed by atoms with Gasteiger partial charge >= 0.3 is 0 Å². The molecule has 1 aliphatic heterocycles. The Labute approximate surface area is 101 Å². The molecule has 4 heteroatoms. The van der Waals surface area contributed by atoms with Crippen LogP contribution in [0.3, 0.4) is 0 Å². The van der Waals surface area contributed by atoms with Crippen LogP contribution in [-0.2, 0) is 6.54 Å². The number of hydrogen-bond donors (Lipinski definition) is 1. The van der Waals surface area contributed by atoms with Crippen molar-refractivity contribution >= 4 is 16.9 Å². The number of nitrogens with one attached hydrogen (secondary N) is 1. The third-order valence-corrected chi connectivity index (χ3v) is 4.37. The van der Waals surface area contributed by atoms with Gasteiger partial charge in [0.2, 0.25) is 0 Å². The summed E-state index contributed by atoms with van der Waals surface area (Å²) in [6.45, 7) is 5.09. The predicted molar refractivity (Wildman–Crippen MR) is 68.8 cm³/mol. The van der Waals surface area contributed by atoms with Crippen molar-refractivity contribution in [2.75, 3.05) is 5.75 Å². The summed E-state index contributed by atoms with van der Waals surface area (Å²) in [6.07, 6.45) is 3.99. The average Bonchev–Trinajstić information content (AvgIpc) is 2.96. The second kappa shape index (κ2) is 4.95. The molecule has 0 atom stereocenters. The van der Waals surface area contributed by atoms with Crippen molar-refractivity contribution in [2.45, 2.75) is 38.8 Å². The summed E-state index contributed by atoms with van der Waals surface area (Å²) >= 11 is 1.82. The highest BCUT2D eigenvalue weighted by Crippen LogP contribution is 2.29. The van der Waals surface area contributed by atoms with Gasteiger partial charge in [-0.2, -0.15) is 0 Å². The molecule has 1 aliphatic rings. The second-order valence-corrected chi connectivity index (χ2v) is 5.07. The molecule has 1 fully saturated rings. The van der Waals surface area contributed by atoms with E-state index in [2.05, 4.69) is 24.2 Å². The van der Waals surface area contributed by atoms with E-state index in [9.17, 15) is 0 Å². The van der Waals surface area contributed by atoms with Gasteiger partial charge in [-0.1, -0.05) is 25.6 Å². The Bertz CT molecular complexity index is 355. The fourth-order valence-electron chi connectivity index (χ4n) is 1.77. The topological polar surface area (TPSA) is 37.5 Å².